The van der Waals surface area contributed by atoms with E-state index in [1.807, 2.05) is 0 Å². The van der Waals surface area contributed by atoms with Gasteiger partial charge in [0.15, 0.2) is 0 Å². The maximum Gasteiger partial charge on any atom is 0.332 e. The number of urea groups is 1. The number of hydrogen-bond donors (Lipinski definition) is 0. The van der Waals surface area contributed by atoms with E-state index in [1.165, 1.54) is 24.3 Å². The fourth-order valence-corrected chi connectivity index (χ4v) is 2.78. The van der Waals surface area contributed by atoms with Crippen molar-refractivity contribution in [1.29, 1.82) is 0 Å². The molecular weight excluding hydrogens is 274 g/mol. The summed E-state index contributed by atoms with van der Waals surface area (Å²) >= 11 is 0. The number of amides is 3. The lowest BCUT2D eigenvalue weighted by Crippen LogP contribution is -2.45. The van der Waals surface area contributed by atoms with Gasteiger partial charge < -0.3 is 4.90 Å². The average Bonchev–Trinajstić information content (AvgIpc) is 2.61. The third-order valence-corrected chi connectivity index (χ3v) is 4.19. The zero-order valence-electron chi connectivity index (χ0n) is 11.6. The van der Waals surface area contributed by atoms with Crippen molar-refractivity contribution in [3.63, 3.8) is 0 Å². The van der Waals surface area contributed by atoms with Gasteiger partial charge in [0.05, 0.1) is 10.6 Å². The maximum atomic E-state index is 12.5. The van der Waals surface area contributed by atoms with Gasteiger partial charge in [0.25, 0.3) is 11.6 Å². The summed E-state index contributed by atoms with van der Waals surface area (Å²) in [7, 11) is 0. The third kappa shape index (κ3) is 2.05. The number of nitrogens with zero attached hydrogens (tertiary/aromatic N) is 3. The minimum absolute atomic E-state index is 0.0678. The van der Waals surface area contributed by atoms with E-state index in [9.17, 15) is 19.7 Å². The Morgan fingerprint density at radius 1 is 1.19 bits per heavy atom. The Labute approximate surface area is 121 Å². The summed E-state index contributed by atoms with van der Waals surface area (Å²) < 4.78 is 0. The molecule has 3 rings (SSSR count). The average molecular weight is 289 g/mol. The van der Waals surface area contributed by atoms with Crippen LogP contribution in [0, 0.1) is 10.1 Å². The molecule has 1 aromatic carbocycles. The minimum atomic E-state index is -0.513. The lowest BCUT2D eigenvalue weighted by Gasteiger charge is -2.35. The smallest absolute Gasteiger partial charge is 0.309 e. The first-order chi connectivity index (χ1) is 10.0. The second kappa shape index (κ2) is 4.83. The summed E-state index contributed by atoms with van der Waals surface area (Å²) in [6, 6.07) is 4.80. The highest BCUT2D eigenvalue weighted by atomic mass is 16.6. The Morgan fingerprint density at radius 3 is 2.29 bits per heavy atom. The molecule has 0 unspecified atom stereocenters. The molecule has 0 aromatic heterocycles. The Bertz CT molecular complexity index is 609. The van der Waals surface area contributed by atoms with Gasteiger partial charge in [-0.3, -0.25) is 14.9 Å². The van der Waals surface area contributed by atoms with Crippen LogP contribution in [0.3, 0.4) is 0 Å². The van der Waals surface area contributed by atoms with Crippen LogP contribution in [-0.2, 0) is 4.79 Å². The number of rotatable bonds is 3. The van der Waals surface area contributed by atoms with E-state index in [0.29, 0.717) is 5.69 Å². The van der Waals surface area contributed by atoms with Crippen LogP contribution in [0.5, 0.6) is 0 Å². The first-order valence-corrected chi connectivity index (χ1v) is 6.91. The standard InChI is InChI=1S/C14H15N3O4/c1-9-13(18)16(14(19)15(9)10-3-2-4-10)11-5-7-12(8-6-11)17(20)21/h5-10H,2-4H2,1H3/t9-/m0/s1. The fourth-order valence-electron chi connectivity index (χ4n) is 2.78. The molecule has 2 aliphatic rings. The molecule has 1 saturated carbocycles. The zero-order chi connectivity index (χ0) is 15.1. The normalized spacial score (nSPS) is 22.6. The SMILES string of the molecule is C[C@H]1C(=O)N(c2ccc([N+](=O)[O-])cc2)C(=O)N1C1CCC1. The molecule has 2 fully saturated rings. The molecule has 110 valence electrons. The summed E-state index contributed by atoms with van der Waals surface area (Å²) in [6.07, 6.45) is 2.93. The summed E-state index contributed by atoms with van der Waals surface area (Å²) in [4.78, 5) is 37.7. The molecule has 0 N–H and O–H groups in total. The van der Waals surface area contributed by atoms with Crippen LogP contribution in [0.2, 0.25) is 0 Å². The fraction of sp³-hybridized carbons (Fsp3) is 0.429. The molecule has 1 aliphatic heterocycles. The van der Waals surface area contributed by atoms with E-state index in [4.69, 9.17) is 0 Å². The van der Waals surface area contributed by atoms with Crippen molar-refractivity contribution < 1.29 is 14.5 Å². The predicted molar refractivity (Wildman–Crippen MR) is 74.9 cm³/mol. The Balaban J connectivity index is 1.89. The number of nitro benzene ring substituents is 1. The van der Waals surface area contributed by atoms with Gasteiger partial charge >= 0.3 is 6.03 Å². The Morgan fingerprint density at radius 2 is 1.81 bits per heavy atom. The van der Waals surface area contributed by atoms with Crippen molar-refractivity contribution in [2.45, 2.75) is 38.3 Å². The lowest BCUT2D eigenvalue weighted by molar-refractivity contribution is -0.384. The largest absolute Gasteiger partial charge is 0.332 e. The van der Waals surface area contributed by atoms with Crippen LogP contribution in [0.15, 0.2) is 24.3 Å². The Kier molecular flexibility index (Phi) is 3.12. The first kappa shape index (κ1) is 13.5. The molecule has 0 bridgehead atoms. The number of carbonyl (C=O) groups is 2. The van der Waals surface area contributed by atoms with Crippen molar-refractivity contribution in [1.82, 2.24) is 4.90 Å². The van der Waals surface area contributed by atoms with E-state index >= 15 is 0 Å². The highest BCUT2D eigenvalue weighted by molar-refractivity contribution is 6.21. The number of hydrogen-bond acceptors (Lipinski definition) is 4. The van der Waals surface area contributed by atoms with Crippen LogP contribution < -0.4 is 4.90 Å². The summed E-state index contributed by atoms with van der Waals surface area (Å²) in [5.41, 5.74) is 0.311. The molecule has 0 radical (unpaired) electrons. The number of nitro groups is 1. The summed E-state index contributed by atoms with van der Waals surface area (Å²) in [5, 5.41) is 10.7. The van der Waals surface area contributed by atoms with E-state index < -0.39 is 11.0 Å². The molecule has 0 spiro atoms. The van der Waals surface area contributed by atoms with Crippen LogP contribution in [0.1, 0.15) is 26.2 Å². The molecule has 21 heavy (non-hydrogen) atoms. The maximum absolute atomic E-state index is 12.5. The minimum Gasteiger partial charge on any atom is -0.309 e. The lowest BCUT2D eigenvalue weighted by atomic mass is 9.91. The molecule has 1 aromatic rings. The number of imide groups is 1. The monoisotopic (exact) mass is 289 g/mol. The van der Waals surface area contributed by atoms with Crippen LogP contribution in [0.25, 0.3) is 0 Å². The van der Waals surface area contributed by atoms with Gasteiger partial charge in [-0.05, 0) is 38.3 Å². The van der Waals surface area contributed by atoms with Gasteiger partial charge in [0.1, 0.15) is 6.04 Å². The van der Waals surface area contributed by atoms with E-state index in [1.54, 1.807) is 11.8 Å². The molecule has 1 aliphatic carbocycles. The first-order valence-electron chi connectivity index (χ1n) is 6.91. The van der Waals surface area contributed by atoms with Crippen molar-refractivity contribution in [2.24, 2.45) is 0 Å². The summed E-state index contributed by atoms with van der Waals surface area (Å²) in [5.74, 6) is -0.277. The molecular formula is C14H15N3O4. The second-order valence-electron chi connectivity index (χ2n) is 5.40. The van der Waals surface area contributed by atoms with Crippen LogP contribution >= 0.6 is 0 Å². The van der Waals surface area contributed by atoms with E-state index in [-0.39, 0.29) is 23.7 Å². The van der Waals surface area contributed by atoms with Gasteiger partial charge in [0, 0.05) is 18.2 Å². The molecule has 7 heteroatoms. The molecule has 1 atom stereocenters. The van der Waals surface area contributed by atoms with Crippen molar-refractivity contribution in [2.75, 3.05) is 4.90 Å². The molecule has 3 amide bonds. The summed E-state index contributed by atoms with van der Waals surface area (Å²) in [6.45, 7) is 1.73. The van der Waals surface area contributed by atoms with Gasteiger partial charge in [-0.25, -0.2) is 9.69 Å². The molecule has 1 heterocycles. The second-order valence-corrected chi connectivity index (χ2v) is 5.40. The number of anilines is 1. The highest BCUT2D eigenvalue weighted by Gasteiger charge is 2.47. The van der Waals surface area contributed by atoms with Crippen LogP contribution in [-0.4, -0.2) is 33.8 Å². The highest BCUT2D eigenvalue weighted by Crippen LogP contribution is 2.34. The zero-order valence-corrected chi connectivity index (χ0v) is 11.6. The number of non-ortho nitro benzene ring substituents is 1. The number of carbonyl (C=O) groups excluding carboxylic acids is 2. The third-order valence-electron chi connectivity index (χ3n) is 4.19. The molecule has 7 nitrogen and oxygen atoms in total. The molecule has 1 saturated heterocycles. The van der Waals surface area contributed by atoms with Crippen molar-refractivity contribution in [3.05, 3.63) is 34.4 Å². The topological polar surface area (TPSA) is 83.8 Å². The van der Waals surface area contributed by atoms with E-state index in [0.717, 1.165) is 24.2 Å². The number of benzene rings is 1. The van der Waals surface area contributed by atoms with Crippen molar-refractivity contribution in [3.8, 4) is 0 Å². The quantitative estimate of drug-likeness (QED) is 0.485. The predicted octanol–water partition coefficient (Wildman–Crippen LogP) is 2.30. The van der Waals surface area contributed by atoms with Crippen LogP contribution in [0.4, 0.5) is 16.2 Å². The van der Waals surface area contributed by atoms with Gasteiger partial charge in [-0.15, -0.1) is 0 Å². The van der Waals surface area contributed by atoms with Gasteiger partial charge in [-0.2, -0.15) is 0 Å². The van der Waals surface area contributed by atoms with Gasteiger partial charge in [-0.1, -0.05) is 0 Å². The van der Waals surface area contributed by atoms with Crippen molar-refractivity contribution >= 4 is 23.3 Å². The van der Waals surface area contributed by atoms with E-state index in [2.05, 4.69) is 0 Å². The Hall–Kier alpha value is -2.44. The van der Waals surface area contributed by atoms with Gasteiger partial charge in [0.2, 0.25) is 0 Å².